The summed E-state index contributed by atoms with van der Waals surface area (Å²) in [6.45, 7) is 6.06. The van der Waals surface area contributed by atoms with Crippen LogP contribution in [0.15, 0.2) is 22.9 Å². The molecular weight excluding hydrogens is 525 g/mol. The first-order chi connectivity index (χ1) is 17.8. The lowest BCUT2D eigenvalue weighted by Crippen LogP contribution is -1.97. The summed E-state index contributed by atoms with van der Waals surface area (Å²) in [7, 11) is 0. The second-order valence-electron chi connectivity index (χ2n) is 9.11. The van der Waals surface area contributed by atoms with Crippen molar-refractivity contribution in [3.8, 4) is 31.3 Å². The van der Waals surface area contributed by atoms with Crippen LogP contribution in [0, 0.1) is 0 Å². The summed E-state index contributed by atoms with van der Waals surface area (Å²) in [5.74, 6) is 1.91. The second-order valence-corrected chi connectivity index (χ2v) is 12.9. The number of nitrogens with zero attached hydrogens (tertiary/aromatic N) is 2. The van der Waals surface area contributed by atoms with Crippen molar-refractivity contribution in [2.24, 2.45) is 0 Å². The molecule has 8 heteroatoms. The molecule has 4 aromatic heterocycles. The Kier molecular flexibility index (Phi) is 11.5. The molecule has 0 saturated heterocycles. The Balaban J connectivity index is 1.31. The van der Waals surface area contributed by atoms with Crippen LogP contribution in [-0.2, 0) is 0 Å². The van der Waals surface area contributed by atoms with E-state index >= 15 is 0 Å². The van der Waals surface area contributed by atoms with Gasteiger partial charge in [0, 0.05) is 0 Å². The molecule has 0 N–H and O–H groups in total. The molecule has 0 amide bonds. The van der Waals surface area contributed by atoms with E-state index < -0.39 is 0 Å². The van der Waals surface area contributed by atoms with E-state index in [2.05, 4.69) is 36.7 Å². The summed E-state index contributed by atoms with van der Waals surface area (Å²) < 4.78 is 12.3. The van der Waals surface area contributed by atoms with Crippen LogP contribution < -0.4 is 9.47 Å². The molecule has 0 radical (unpaired) electrons. The van der Waals surface area contributed by atoms with Crippen molar-refractivity contribution in [2.75, 3.05) is 13.2 Å². The van der Waals surface area contributed by atoms with Gasteiger partial charge < -0.3 is 9.47 Å². The van der Waals surface area contributed by atoms with Gasteiger partial charge in [0.25, 0.3) is 0 Å². The maximum Gasteiger partial charge on any atom is 0.155 e. The van der Waals surface area contributed by atoms with E-state index in [9.17, 15) is 0 Å². The molecule has 0 aliphatic heterocycles. The van der Waals surface area contributed by atoms with Gasteiger partial charge in [0.1, 0.15) is 31.3 Å². The van der Waals surface area contributed by atoms with Gasteiger partial charge in [0.05, 0.1) is 13.2 Å². The zero-order valence-corrected chi connectivity index (χ0v) is 24.8. The van der Waals surface area contributed by atoms with E-state index in [1.165, 1.54) is 64.2 Å². The lowest BCUT2D eigenvalue weighted by Gasteiger charge is -2.06. The zero-order chi connectivity index (χ0) is 25.0. The van der Waals surface area contributed by atoms with Crippen LogP contribution in [0.25, 0.3) is 29.4 Å². The number of thiazole rings is 2. The van der Waals surface area contributed by atoms with E-state index in [4.69, 9.17) is 19.4 Å². The standard InChI is InChI=1S/C28H38N2O2S4/c1-3-5-7-9-11-13-17-31-21-15-19-33-23(21)25-29-27-28(35-25)30-26(36-27)24-22(16-20-34-24)32-18-14-12-10-8-6-4-2/h15-16,19-20H,3-14,17-18H2,1-2H3. The first kappa shape index (κ1) is 27.6. The maximum absolute atomic E-state index is 6.13. The highest BCUT2D eigenvalue weighted by Gasteiger charge is 2.19. The summed E-state index contributed by atoms with van der Waals surface area (Å²) >= 11 is 6.72. The highest BCUT2D eigenvalue weighted by molar-refractivity contribution is 7.31. The fourth-order valence-electron chi connectivity index (χ4n) is 4.10. The van der Waals surface area contributed by atoms with Gasteiger partial charge >= 0.3 is 0 Å². The summed E-state index contributed by atoms with van der Waals surface area (Å²) in [4.78, 5) is 14.1. The lowest BCUT2D eigenvalue weighted by molar-refractivity contribution is 0.306. The molecule has 0 atom stereocenters. The molecule has 0 aliphatic rings. The summed E-state index contributed by atoms with van der Waals surface area (Å²) in [6, 6.07) is 4.15. The molecule has 0 fully saturated rings. The summed E-state index contributed by atoms with van der Waals surface area (Å²) in [5.41, 5.74) is 0. The zero-order valence-electron chi connectivity index (χ0n) is 21.6. The van der Waals surface area contributed by atoms with Crippen LogP contribution in [0.2, 0.25) is 0 Å². The SMILES string of the molecule is CCCCCCCCOc1ccsc1-c1nc2sc(-c3sccc3OCCCCCCCC)nc2s1. The van der Waals surface area contributed by atoms with Crippen molar-refractivity contribution in [3.05, 3.63) is 22.9 Å². The Morgan fingerprint density at radius 3 is 1.44 bits per heavy atom. The first-order valence-electron chi connectivity index (χ1n) is 13.5. The van der Waals surface area contributed by atoms with Gasteiger partial charge in [-0.15, -0.1) is 22.7 Å². The van der Waals surface area contributed by atoms with Gasteiger partial charge in [-0.05, 0) is 35.7 Å². The third-order valence-electron chi connectivity index (χ3n) is 6.13. The minimum absolute atomic E-state index is 0.776. The topological polar surface area (TPSA) is 44.2 Å². The Hall–Kier alpha value is -1.48. The predicted molar refractivity (Wildman–Crippen MR) is 160 cm³/mol. The number of hydrogen-bond donors (Lipinski definition) is 0. The van der Waals surface area contributed by atoms with Crippen LogP contribution in [-0.4, -0.2) is 23.2 Å². The van der Waals surface area contributed by atoms with Crippen molar-refractivity contribution < 1.29 is 9.47 Å². The van der Waals surface area contributed by atoms with Crippen molar-refractivity contribution >= 4 is 55.0 Å². The van der Waals surface area contributed by atoms with Crippen LogP contribution in [0.1, 0.15) is 90.9 Å². The quantitative estimate of drug-likeness (QED) is 0.113. The highest BCUT2D eigenvalue weighted by Crippen LogP contribution is 2.44. The number of thiophene rings is 2. The Morgan fingerprint density at radius 1 is 0.583 bits per heavy atom. The van der Waals surface area contributed by atoms with Gasteiger partial charge in [-0.3, -0.25) is 0 Å². The average molecular weight is 563 g/mol. The van der Waals surface area contributed by atoms with Crippen molar-refractivity contribution in [2.45, 2.75) is 90.9 Å². The lowest BCUT2D eigenvalue weighted by atomic mass is 10.1. The molecule has 4 nitrogen and oxygen atoms in total. The molecule has 0 unspecified atom stereocenters. The third-order valence-corrected chi connectivity index (χ3v) is 10.3. The third kappa shape index (κ3) is 7.76. The van der Waals surface area contributed by atoms with Crippen molar-refractivity contribution in [1.29, 1.82) is 0 Å². The van der Waals surface area contributed by atoms with Gasteiger partial charge in [-0.25, -0.2) is 9.97 Å². The first-order valence-corrected chi connectivity index (χ1v) is 16.9. The van der Waals surface area contributed by atoms with E-state index in [0.29, 0.717) is 0 Å². The van der Waals surface area contributed by atoms with E-state index in [-0.39, 0.29) is 0 Å². The van der Waals surface area contributed by atoms with Crippen LogP contribution in [0.5, 0.6) is 11.5 Å². The molecule has 0 bridgehead atoms. The molecular formula is C28H38N2O2S4. The van der Waals surface area contributed by atoms with Crippen molar-refractivity contribution in [3.63, 3.8) is 0 Å². The highest BCUT2D eigenvalue weighted by atomic mass is 32.1. The van der Waals surface area contributed by atoms with Gasteiger partial charge in [0.2, 0.25) is 0 Å². The Morgan fingerprint density at radius 2 is 1.00 bits per heavy atom. The molecule has 0 spiro atoms. The fraction of sp³-hybridized carbons (Fsp3) is 0.571. The van der Waals surface area contributed by atoms with Crippen LogP contribution in [0.4, 0.5) is 0 Å². The van der Waals surface area contributed by atoms with Gasteiger partial charge in [-0.1, -0.05) is 101 Å². The second kappa shape index (κ2) is 15.1. The average Bonchev–Trinajstić information content (AvgIpc) is 3.66. The van der Waals surface area contributed by atoms with E-state index in [1.54, 1.807) is 45.3 Å². The fourth-order valence-corrected chi connectivity index (χ4v) is 8.00. The molecule has 196 valence electrons. The largest absolute Gasteiger partial charge is 0.492 e. The summed E-state index contributed by atoms with van der Waals surface area (Å²) in [6.07, 6.45) is 15.3. The molecule has 0 aliphatic carbocycles. The normalized spacial score (nSPS) is 11.5. The minimum Gasteiger partial charge on any atom is -0.492 e. The van der Waals surface area contributed by atoms with Crippen LogP contribution >= 0.6 is 45.3 Å². The molecule has 4 heterocycles. The Bertz CT molecular complexity index is 1040. The number of aromatic nitrogens is 2. The Labute approximate surface area is 231 Å². The molecule has 4 aromatic rings. The number of fused-ring (bicyclic) bond motifs is 1. The summed E-state index contributed by atoms with van der Waals surface area (Å²) in [5, 5.41) is 6.21. The smallest absolute Gasteiger partial charge is 0.155 e. The van der Waals surface area contributed by atoms with E-state index in [1.807, 2.05) is 0 Å². The number of rotatable bonds is 18. The van der Waals surface area contributed by atoms with Crippen molar-refractivity contribution in [1.82, 2.24) is 9.97 Å². The minimum atomic E-state index is 0.776. The van der Waals surface area contributed by atoms with E-state index in [0.717, 1.165) is 67.0 Å². The number of unbranched alkanes of at least 4 members (excludes halogenated alkanes) is 10. The number of hydrogen-bond acceptors (Lipinski definition) is 8. The molecule has 36 heavy (non-hydrogen) atoms. The van der Waals surface area contributed by atoms with Gasteiger partial charge in [-0.2, -0.15) is 0 Å². The van der Waals surface area contributed by atoms with Crippen LogP contribution in [0.3, 0.4) is 0 Å². The molecule has 0 saturated carbocycles. The molecule has 0 aromatic carbocycles. The van der Waals surface area contributed by atoms with Gasteiger partial charge in [0.15, 0.2) is 9.66 Å². The maximum atomic E-state index is 6.13. The molecule has 4 rings (SSSR count). The predicted octanol–water partition coefficient (Wildman–Crippen LogP) is 10.7. The monoisotopic (exact) mass is 562 g/mol. The number of ether oxygens (including phenoxy) is 2.